The minimum absolute atomic E-state index is 0.0738. The summed E-state index contributed by atoms with van der Waals surface area (Å²) in [4.78, 5) is 24.2. The van der Waals surface area contributed by atoms with Crippen LogP contribution in [0.5, 0.6) is 11.5 Å². The zero-order chi connectivity index (χ0) is 22.5. The van der Waals surface area contributed by atoms with E-state index in [-0.39, 0.29) is 17.1 Å². The number of amides is 1. The van der Waals surface area contributed by atoms with Crippen molar-refractivity contribution in [3.05, 3.63) is 35.9 Å². The average Bonchev–Trinajstić information content (AvgIpc) is 2.79. The van der Waals surface area contributed by atoms with Crippen LogP contribution >= 0.6 is 0 Å². The Labute approximate surface area is 184 Å². The third kappa shape index (κ3) is 7.78. The first-order valence-electron chi connectivity index (χ1n) is 11.4. The van der Waals surface area contributed by atoms with Crippen LogP contribution in [-0.4, -0.2) is 30.8 Å². The summed E-state index contributed by atoms with van der Waals surface area (Å²) in [6.07, 6.45) is 11.4. The minimum Gasteiger partial charge on any atom is -0.506 e. The Morgan fingerprint density at radius 3 is 2.10 bits per heavy atom. The summed E-state index contributed by atoms with van der Waals surface area (Å²) in [5, 5.41) is 14.4. The first kappa shape index (κ1) is 24.5. The number of unbranched alkanes of at least 4 members (excludes halogenated alkanes) is 9. The predicted octanol–water partition coefficient (Wildman–Crippen LogP) is 6.34. The van der Waals surface area contributed by atoms with Gasteiger partial charge in [0.25, 0.3) is 5.91 Å². The fraction of sp³-hybridized carbons (Fsp3) is 0.520. The maximum absolute atomic E-state index is 12.6. The summed E-state index contributed by atoms with van der Waals surface area (Å²) in [5.41, 5.74) is 0.0738. The van der Waals surface area contributed by atoms with Gasteiger partial charge in [-0.05, 0) is 12.5 Å². The van der Waals surface area contributed by atoms with E-state index >= 15 is 0 Å². The molecule has 0 aromatic heterocycles. The number of benzene rings is 2. The number of aromatic hydroxyl groups is 1. The zero-order valence-corrected chi connectivity index (χ0v) is 18.7. The summed E-state index contributed by atoms with van der Waals surface area (Å²) < 4.78 is 9.74. The monoisotopic (exact) mass is 429 g/mol. The number of carbonyl (C=O) groups is 2. The van der Waals surface area contributed by atoms with Crippen molar-refractivity contribution in [1.82, 2.24) is 5.32 Å². The van der Waals surface area contributed by atoms with Crippen LogP contribution in [-0.2, 0) is 4.74 Å². The van der Waals surface area contributed by atoms with Crippen LogP contribution in [0.15, 0.2) is 30.3 Å². The quantitative estimate of drug-likeness (QED) is 0.220. The molecule has 0 heterocycles. The Hall–Kier alpha value is -2.76. The van der Waals surface area contributed by atoms with E-state index in [4.69, 9.17) is 4.74 Å². The van der Waals surface area contributed by atoms with Crippen LogP contribution in [0.3, 0.4) is 0 Å². The van der Waals surface area contributed by atoms with Gasteiger partial charge in [-0.1, -0.05) is 89.0 Å². The molecule has 0 saturated carbocycles. The van der Waals surface area contributed by atoms with Gasteiger partial charge in [0.15, 0.2) is 0 Å². The summed E-state index contributed by atoms with van der Waals surface area (Å²) in [6.45, 7) is 2.77. The second-order valence-electron chi connectivity index (χ2n) is 7.81. The van der Waals surface area contributed by atoms with Crippen molar-refractivity contribution >= 4 is 22.8 Å². The van der Waals surface area contributed by atoms with Gasteiger partial charge in [0.1, 0.15) is 11.5 Å². The molecule has 6 nitrogen and oxygen atoms in total. The lowest BCUT2D eigenvalue weighted by molar-refractivity contribution is 0.0948. The SMILES string of the molecule is CCCCCCCCCCCCNC(=O)c1cc(OC(=O)OC)c2ccccc2c1O. The Morgan fingerprint density at radius 1 is 0.903 bits per heavy atom. The number of methoxy groups -OCH3 is 1. The van der Waals surface area contributed by atoms with Crippen LogP contribution < -0.4 is 10.1 Å². The van der Waals surface area contributed by atoms with E-state index in [1.54, 1.807) is 24.3 Å². The highest BCUT2D eigenvalue weighted by Crippen LogP contribution is 2.36. The molecule has 1 amide bonds. The normalized spacial score (nSPS) is 10.8. The molecule has 2 aromatic carbocycles. The molecule has 0 unspecified atom stereocenters. The molecule has 0 saturated heterocycles. The van der Waals surface area contributed by atoms with Gasteiger partial charge in [0.2, 0.25) is 0 Å². The molecule has 31 heavy (non-hydrogen) atoms. The van der Waals surface area contributed by atoms with Crippen LogP contribution in [0.2, 0.25) is 0 Å². The molecule has 0 aliphatic carbocycles. The highest BCUT2D eigenvalue weighted by Gasteiger charge is 2.19. The van der Waals surface area contributed by atoms with Crippen molar-refractivity contribution in [3.63, 3.8) is 0 Å². The number of ether oxygens (including phenoxy) is 2. The lowest BCUT2D eigenvalue weighted by Crippen LogP contribution is -2.24. The maximum Gasteiger partial charge on any atom is 0.513 e. The van der Waals surface area contributed by atoms with Gasteiger partial charge in [0, 0.05) is 17.3 Å². The zero-order valence-electron chi connectivity index (χ0n) is 18.7. The summed E-state index contributed by atoms with van der Waals surface area (Å²) >= 11 is 0. The fourth-order valence-electron chi connectivity index (χ4n) is 3.63. The van der Waals surface area contributed by atoms with Crippen molar-refractivity contribution in [2.24, 2.45) is 0 Å². The summed E-state index contributed by atoms with van der Waals surface area (Å²) in [5.74, 6) is -0.355. The molecular formula is C25H35NO5. The number of carbonyl (C=O) groups excluding carboxylic acids is 2. The van der Waals surface area contributed by atoms with Gasteiger partial charge < -0.3 is 19.9 Å². The van der Waals surface area contributed by atoms with Gasteiger partial charge in [-0.15, -0.1) is 0 Å². The van der Waals surface area contributed by atoms with E-state index in [0.717, 1.165) is 12.8 Å². The molecule has 0 atom stereocenters. The first-order chi connectivity index (χ1) is 15.1. The minimum atomic E-state index is -0.882. The van der Waals surface area contributed by atoms with Gasteiger partial charge in [0.05, 0.1) is 12.7 Å². The van der Waals surface area contributed by atoms with Gasteiger partial charge in [-0.3, -0.25) is 4.79 Å². The van der Waals surface area contributed by atoms with Crippen molar-refractivity contribution in [3.8, 4) is 11.5 Å². The van der Waals surface area contributed by atoms with Crippen molar-refractivity contribution in [2.75, 3.05) is 13.7 Å². The van der Waals surface area contributed by atoms with E-state index in [9.17, 15) is 14.7 Å². The van der Waals surface area contributed by atoms with Crippen LogP contribution in [0.25, 0.3) is 10.8 Å². The Kier molecular flexibility index (Phi) is 10.7. The number of phenols is 1. The lowest BCUT2D eigenvalue weighted by Gasteiger charge is -2.13. The third-order valence-electron chi connectivity index (χ3n) is 5.40. The third-order valence-corrected chi connectivity index (χ3v) is 5.40. The average molecular weight is 430 g/mol. The molecule has 0 spiro atoms. The highest BCUT2D eigenvalue weighted by molar-refractivity contribution is 6.06. The molecular weight excluding hydrogens is 394 g/mol. The number of fused-ring (bicyclic) bond motifs is 1. The lowest BCUT2D eigenvalue weighted by atomic mass is 10.0. The second kappa shape index (κ2) is 13.5. The number of hydrogen-bond donors (Lipinski definition) is 2. The number of nitrogens with one attached hydrogen (secondary N) is 1. The fourth-order valence-corrected chi connectivity index (χ4v) is 3.63. The molecule has 2 aromatic rings. The molecule has 0 radical (unpaired) electrons. The van der Waals surface area contributed by atoms with Crippen molar-refractivity contribution < 1.29 is 24.2 Å². The summed E-state index contributed by atoms with van der Waals surface area (Å²) in [6, 6.07) is 8.27. The molecule has 2 N–H and O–H groups in total. The van der Waals surface area contributed by atoms with Gasteiger partial charge in [-0.2, -0.15) is 0 Å². The van der Waals surface area contributed by atoms with E-state index in [1.165, 1.54) is 64.5 Å². The first-order valence-corrected chi connectivity index (χ1v) is 11.4. The van der Waals surface area contributed by atoms with Gasteiger partial charge in [-0.25, -0.2) is 4.79 Å². The molecule has 0 fully saturated rings. The molecule has 0 aliphatic rings. The Balaban J connectivity index is 1.84. The van der Waals surface area contributed by atoms with E-state index in [0.29, 0.717) is 17.3 Å². The molecule has 0 bridgehead atoms. The van der Waals surface area contributed by atoms with Crippen LogP contribution in [0, 0.1) is 0 Å². The van der Waals surface area contributed by atoms with Crippen LogP contribution in [0.1, 0.15) is 81.5 Å². The number of rotatable bonds is 13. The van der Waals surface area contributed by atoms with E-state index in [2.05, 4.69) is 17.0 Å². The molecule has 2 rings (SSSR count). The molecule has 6 heteroatoms. The second-order valence-corrected chi connectivity index (χ2v) is 7.81. The largest absolute Gasteiger partial charge is 0.513 e. The van der Waals surface area contributed by atoms with E-state index in [1.807, 2.05) is 0 Å². The van der Waals surface area contributed by atoms with E-state index < -0.39 is 12.1 Å². The smallest absolute Gasteiger partial charge is 0.506 e. The van der Waals surface area contributed by atoms with Gasteiger partial charge >= 0.3 is 6.16 Å². The molecule has 170 valence electrons. The Morgan fingerprint density at radius 2 is 1.48 bits per heavy atom. The standard InChI is InChI=1S/C25H35NO5/c1-3-4-5-6-7-8-9-10-11-14-17-26-24(28)21-18-22(31-25(29)30-2)19-15-12-13-16-20(19)23(21)27/h12-13,15-16,18,27H,3-11,14,17H2,1-2H3,(H,26,28). The number of hydrogen-bond acceptors (Lipinski definition) is 5. The number of phenolic OH excluding ortho intramolecular Hbond substituents is 1. The Bertz CT molecular complexity index is 849. The van der Waals surface area contributed by atoms with Crippen molar-refractivity contribution in [2.45, 2.75) is 71.1 Å². The topological polar surface area (TPSA) is 84.9 Å². The summed E-state index contributed by atoms with van der Waals surface area (Å²) in [7, 11) is 1.21. The highest BCUT2D eigenvalue weighted by atomic mass is 16.7. The van der Waals surface area contributed by atoms with Crippen LogP contribution in [0.4, 0.5) is 4.79 Å². The predicted molar refractivity (Wildman–Crippen MR) is 123 cm³/mol. The molecule has 0 aliphatic heterocycles. The maximum atomic E-state index is 12.6. The van der Waals surface area contributed by atoms with Crippen molar-refractivity contribution in [1.29, 1.82) is 0 Å².